The molecule has 1 fully saturated rings. The Morgan fingerprint density at radius 3 is 2.73 bits per heavy atom. The van der Waals surface area contributed by atoms with Crippen LogP contribution in [0.1, 0.15) is 60.8 Å². The molecule has 1 aromatic heterocycles. The van der Waals surface area contributed by atoms with Crippen LogP contribution in [0, 0.1) is 12.5 Å². The molecule has 1 aliphatic rings. The van der Waals surface area contributed by atoms with E-state index in [0.29, 0.717) is 12.8 Å². The third-order valence-corrected chi connectivity index (χ3v) is 6.36. The first-order valence-corrected chi connectivity index (χ1v) is 10.2. The van der Waals surface area contributed by atoms with Gasteiger partial charge in [-0.15, -0.1) is 11.3 Å². The van der Waals surface area contributed by atoms with Crippen molar-refractivity contribution in [2.24, 2.45) is 5.92 Å². The van der Waals surface area contributed by atoms with Gasteiger partial charge < -0.3 is 15.1 Å². The summed E-state index contributed by atoms with van der Waals surface area (Å²) in [6, 6.07) is 7.82. The van der Waals surface area contributed by atoms with Crippen LogP contribution in [0.15, 0.2) is 35.8 Å². The minimum absolute atomic E-state index is 0.00165. The zero-order valence-electron chi connectivity index (χ0n) is 15.1. The Morgan fingerprint density at radius 2 is 2.12 bits per heavy atom. The van der Waals surface area contributed by atoms with Crippen LogP contribution < -0.4 is 0 Å². The molecule has 2 N–H and O–H groups in total. The molecule has 2 aromatic rings. The SMILES string of the molecule is [C-]#[N+][C@@H]1C[C@@H](O)C(c2ccc(C(O)CC)cc2)C1CCCc1nccs1. The molecule has 0 aliphatic heterocycles. The van der Waals surface area contributed by atoms with Crippen LogP contribution in [0.5, 0.6) is 0 Å². The first-order chi connectivity index (χ1) is 12.6. The summed E-state index contributed by atoms with van der Waals surface area (Å²) in [5, 5.41) is 23.7. The highest BCUT2D eigenvalue weighted by atomic mass is 32.1. The minimum Gasteiger partial charge on any atom is -0.392 e. The van der Waals surface area contributed by atoms with E-state index in [-0.39, 0.29) is 17.9 Å². The molecule has 0 radical (unpaired) electrons. The quantitative estimate of drug-likeness (QED) is 0.712. The fraction of sp³-hybridized carbons (Fsp3) is 0.524. The van der Waals surface area contributed by atoms with Crippen molar-refractivity contribution in [3.05, 3.63) is 63.4 Å². The van der Waals surface area contributed by atoms with Crippen molar-refractivity contribution in [1.82, 2.24) is 4.98 Å². The van der Waals surface area contributed by atoms with Gasteiger partial charge in [-0.1, -0.05) is 31.2 Å². The van der Waals surface area contributed by atoms with Gasteiger partial charge in [0, 0.05) is 29.8 Å². The number of aliphatic hydroxyl groups excluding tert-OH is 2. The van der Waals surface area contributed by atoms with E-state index in [9.17, 15) is 10.2 Å². The van der Waals surface area contributed by atoms with Crippen molar-refractivity contribution in [2.75, 3.05) is 0 Å². The Kier molecular flexibility index (Phi) is 6.42. The maximum absolute atomic E-state index is 10.6. The van der Waals surface area contributed by atoms with E-state index < -0.39 is 12.2 Å². The van der Waals surface area contributed by atoms with Crippen molar-refractivity contribution in [3.63, 3.8) is 0 Å². The number of hydrogen-bond donors (Lipinski definition) is 2. The summed E-state index contributed by atoms with van der Waals surface area (Å²) in [6.45, 7) is 9.49. The molecule has 5 heteroatoms. The second kappa shape index (κ2) is 8.77. The number of hydrogen-bond acceptors (Lipinski definition) is 4. The van der Waals surface area contributed by atoms with Crippen molar-refractivity contribution in [3.8, 4) is 0 Å². The number of aliphatic hydroxyl groups is 2. The summed E-state index contributed by atoms with van der Waals surface area (Å²) in [7, 11) is 0. The average Bonchev–Trinajstić information content (AvgIpc) is 3.29. The highest BCUT2D eigenvalue weighted by molar-refractivity contribution is 7.09. The van der Waals surface area contributed by atoms with Crippen LogP contribution in [0.2, 0.25) is 0 Å². The van der Waals surface area contributed by atoms with Crippen LogP contribution >= 0.6 is 11.3 Å². The van der Waals surface area contributed by atoms with Gasteiger partial charge >= 0.3 is 0 Å². The minimum atomic E-state index is -0.471. The van der Waals surface area contributed by atoms with Gasteiger partial charge in [0.2, 0.25) is 6.04 Å². The lowest BCUT2D eigenvalue weighted by molar-refractivity contribution is 0.153. The van der Waals surface area contributed by atoms with Crippen molar-refractivity contribution in [1.29, 1.82) is 0 Å². The van der Waals surface area contributed by atoms with E-state index in [2.05, 4.69) is 9.83 Å². The van der Waals surface area contributed by atoms with E-state index in [1.807, 2.05) is 42.8 Å². The average molecular weight is 371 g/mol. The van der Waals surface area contributed by atoms with E-state index in [1.165, 1.54) is 0 Å². The Labute approximate surface area is 159 Å². The molecule has 4 nitrogen and oxygen atoms in total. The van der Waals surface area contributed by atoms with Crippen molar-refractivity contribution in [2.45, 2.75) is 63.2 Å². The Morgan fingerprint density at radius 1 is 1.35 bits per heavy atom. The number of benzene rings is 1. The van der Waals surface area contributed by atoms with Gasteiger partial charge in [-0.2, -0.15) is 0 Å². The summed E-state index contributed by atoms with van der Waals surface area (Å²) in [4.78, 5) is 8.14. The lowest BCUT2D eigenvalue weighted by Crippen LogP contribution is -2.19. The third kappa shape index (κ3) is 4.15. The molecule has 0 saturated heterocycles. The normalized spacial score (nSPS) is 26.5. The standard InChI is InChI=1S/C21H26N2O2S/c1-3-18(24)14-7-9-15(10-8-14)21-16(17(22-2)13-19(21)25)5-4-6-20-23-11-12-26-20/h7-12,16-19,21,24-25H,3-6,13H2,1H3/t16?,17-,18?,19-,21?/m1/s1. The first kappa shape index (κ1) is 19.0. The molecule has 1 aromatic carbocycles. The lowest BCUT2D eigenvalue weighted by Gasteiger charge is -2.22. The largest absolute Gasteiger partial charge is 0.392 e. The van der Waals surface area contributed by atoms with Crippen molar-refractivity contribution < 1.29 is 10.2 Å². The number of rotatable bonds is 7. The smallest absolute Gasteiger partial charge is 0.229 e. The first-order valence-electron chi connectivity index (χ1n) is 9.35. The predicted octanol–water partition coefficient (Wildman–Crippen LogP) is 4.36. The number of nitrogens with zero attached hydrogens (tertiary/aromatic N) is 2. The van der Waals surface area contributed by atoms with Crippen LogP contribution in [-0.4, -0.2) is 27.3 Å². The molecular formula is C21H26N2O2S. The molecule has 0 spiro atoms. The summed E-state index contributed by atoms with van der Waals surface area (Å²) >= 11 is 1.67. The number of aromatic nitrogens is 1. The van der Waals surface area contributed by atoms with Crippen LogP contribution in [0.4, 0.5) is 0 Å². The van der Waals surface area contributed by atoms with Crippen molar-refractivity contribution >= 4 is 11.3 Å². The van der Waals surface area contributed by atoms with Crippen LogP contribution in [0.3, 0.4) is 0 Å². The molecule has 138 valence electrons. The molecule has 5 atom stereocenters. The van der Waals surface area contributed by atoms with Crippen LogP contribution in [-0.2, 0) is 6.42 Å². The molecule has 0 amide bonds. The summed E-state index contributed by atoms with van der Waals surface area (Å²) in [5.41, 5.74) is 1.99. The van der Waals surface area contributed by atoms with Gasteiger partial charge in [-0.25, -0.2) is 11.6 Å². The van der Waals surface area contributed by atoms with Gasteiger partial charge in [0.05, 0.1) is 17.2 Å². The second-order valence-electron chi connectivity index (χ2n) is 7.10. The zero-order valence-corrected chi connectivity index (χ0v) is 15.9. The number of aryl methyl sites for hydroxylation is 1. The van der Waals surface area contributed by atoms with Gasteiger partial charge in [0.15, 0.2) is 0 Å². The van der Waals surface area contributed by atoms with E-state index in [1.54, 1.807) is 11.3 Å². The maximum atomic E-state index is 10.6. The lowest BCUT2D eigenvalue weighted by atomic mass is 9.83. The monoisotopic (exact) mass is 370 g/mol. The summed E-state index contributed by atoms with van der Waals surface area (Å²) in [6.07, 6.45) is 5.00. The van der Waals surface area contributed by atoms with E-state index in [4.69, 9.17) is 6.57 Å². The molecule has 26 heavy (non-hydrogen) atoms. The van der Waals surface area contributed by atoms with E-state index >= 15 is 0 Å². The van der Waals surface area contributed by atoms with Gasteiger partial charge in [0.25, 0.3) is 0 Å². The fourth-order valence-electron chi connectivity index (χ4n) is 4.12. The molecule has 1 aliphatic carbocycles. The van der Waals surface area contributed by atoms with Gasteiger partial charge in [-0.3, -0.25) is 0 Å². The molecule has 1 saturated carbocycles. The summed E-state index contributed by atoms with van der Waals surface area (Å²) in [5.74, 6) is 0.169. The highest BCUT2D eigenvalue weighted by Crippen LogP contribution is 2.44. The molecule has 0 bridgehead atoms. The molecular weight excluding hydrogens is 344 g/mol. The zero-order chi connectivity index (χ0) is 18.5. The van der Waals surface area contributed by atoms with Gasteiger partial charge in [-0.05, 0) is 36.8 Å². The predicted molar refractivity (Wildman–Crippen MR) is 104 cm³/mol. The summed E-state index contributed by atoms with van der Waals surface area (Å²) < 4.78 is 0. The molecule has 3 rings (SSSR count). The topological polar surface area (TPSA) is 57.7 Å². The third-order valence-electron chi connectivity index (χ3n) is 5.52. The molecule has 1 heterocycles. The van der Waals surface area contributed by atoms with Crippen LogP contribution in [0.25, 0.3) is 4.85 Å². The van der Waals surface area contributed by atoms with Gasteiger partial charge in [0.1, 0.15) is 0 Å². The van der Waals surface area contributed by atoms with E-state index in [0.717, 1.165) is 35.4 Å². The second-order valence-corrected chi connectivity index (χ2v) is 8.08. The Balaban J connectivity index is 1.73. The fourth-order valence-corrected chi connectivity index (χ4v) is 4.79. The Hall–Kier alpha value is -1.74. The maximum Gasteiger partial charge on any atom is 0.229 e. The highest BCUT2D eigenvalue weighted by Gasteiger charge is 2.46. The molecule has 3 unspecified atom stereocenters. The Bertz CT molecular complexity index is 723. The number of thiazole rings is 1.